The van der Waals surface area contributed by atoms with Crippen LogP contribution in [0.2, 0.25) is 0 Å². The average molecular weight is 251 g/mol. The number of nitrogens with zero attached hydrogens (tertiary/aromatic N) is 1. The normalized spacial score (nSPS) is 27.1. The van der Waals surface area contributed by atoms with Gasteiger partial charge >= 0.3 is 0 Å². The lowest BCUT2D eigenvalue weighted by Crippen LogP contribution is -2.49. The summed E-state index contributed by atoms with van der Waals surface area (Å²) in [6, 6.07) is 0. The van der Waals surface area contributed by atoms with Gasteiger partial charge in [-0.05, 0) is 12.3 Å². The van der Waals surface area contributed by atoms with Crippen LogP contribution in [0.5, 0.6) is 0 Å². The Kier molecular flexibility index (Phi) is 6.95. The van der Waals surface area contributed by atoms with E-state index in [-0.39, 0.29) is 30.3 Å². The van der Waals surface area contributed by atoms with Crippen molar-refractivity contribution in [3.63, 3.8) is 0 Å². The lowest BCUT2D eigenvalue weighted by molar-refractivity contribution is -0.139. The van der Waals surface area contributed by atoms with Crippen molar-refractivity contribution < 1.29 is 9.53 Å². The zero-order valence-electron chi connectivity index (χ0n) is 10.3. The number of rotatable bonds is 3. The fourth-order valence-electron chi connectivity index (χ4n) is 1.95. The minimum absolute atomic E-state index is 0. The number of carbonyl (C=O) groups is 1. The number of hydrogen-bond acceptors (Lipinski definition) is 3. The molecule has 1 fully saturated rings. The van der Waals surface area contributed by atoms with Crippen LogP contribution >= 0.6 is 12.4 Å². The van der Waals surface area contributed by atoms with Crippen molar-refractivity contribution in [2.45, 2.75) is 26.4 Å². The second-order valence-electron chi connectivity index (χ2n) is 4.46. The van der Waals surface area contributed by atoms with Gasteiger partial charge in [-0.1, -0.05) is 13.8 Å². The van der Waals surface area contributed by atoms with Crippen LogP contribution in [0.15, 0.2) is 0 Å². The topological polar surface area (TPSA) is 55.6 Å². The van der Waals surface area contributed by atoms with E-state index in [1.807, 2.05) is 11.8 Å². The molecule has 0 aliphatic carbocycles. The van der Waals surface area contributed by atoms with Crippen molar-refractivity contribution in [1.82, 2.24) is 4.90 Å². The van der Waals surface area contributed by atoms with Crippen LogP contribution in [0.4, 0.5) is 0 Å². The van der Waals surface area contributed by atoms with E-state index in [4.69, 9.17) is 10.5 Å². The van der Waals surface area contributed by atoms with Crippen molar-refractivity contribution in [1.29, 1.82) is 0 Å². The molecule has 0 aromatic rings. The second kappa shape index (κ2) is 7.09. The maximum absolute atomic E-state index is 11.9. The number of amides is 1. The number of piperidine rings is 1. The first kappa shape index (κ1) is 15.7. The van der Waals surface area contributed by atoms with Gasteiger partial charge in [0.05, 0.1) is 6.10 Å². The van der Waals surface area contributed by atoms with Crippen LogP contribution in [-0.4, -0.2) is 43.7 Å². The Morgan fingerprint density at radius 2 is 2.25 bits per heavy atom. The summed E-state index contributed by atoms with van der Waals surface area (Å²) in [5, 5.41) is 0. The van der Waals surface area contributed by atoms with Crippen molar-refractivity contribution in [2.75, 3.05) is 26.7 Å². The Balaban J connectivity index is 0.00000225. The van der Waals surface area contributed by atoms with Gasteiger partial charge in [-0.3, -0.25) is 4.79 Å². The molecule has 1 aliphatic heterocycles. The van der Waals surface area contributed by atoms with Gasteiger partial charge in [0.15, 0.2) is 0 Å². The SMILES string of the molecule is COC1CN(C(=O)C(C)CN)CCC1C.Cl. The van der Waals surface area contributed by atoms with Crippen molar-refractivity contribution in [3.05, 3.63) is 0 Å². The first-order valence-corrected chi connectivity index (χ1v) is 5.61. The van der Waals surface area contributed by atoms with Crippen molar-refractivity contribution >= 4 is 18.3 Å². The van der Waals surface area contributed by atoms with Gasteiger partial charge in [0.25, 0.3) is 0 Å². The van der Waals surface area contributed by atoms with Crippen molar-refractivity contribution in [3.8, 4) is 0 Å². The molecule has 0 saturated carbocycles. The molecule has 2 N–H and O–H groups in total. The molecule has 1 amide bonds. The quantitative estimate of drug-likeness (QED) is 0.809. The van der Waals surface area contributed by atoms with Gasteiger partial charge in [-0.15, -0.1) is 12.4 Å². The molecule has 1 rings (SSSR count). The third-order valence-corrected chi connectivity index (χ3v) is 3.28. The molecule has 0 aromatic carbocycles. The minimum Gasteiger partial charge on any atom is -0.379 e. The lowest BCUT2D eigenvalue weighted by Gasteiger charge is -2.37. The van der Waals surface area contributed by atoms with Crippen molar-refractivity contribution in [2.24, 2.45) is 17.6 Å². The number of carbonyl (C=O) groups excluding carboxylic acids is 1. The molecular formula is C11H23ClN2O2. The Morgan fingerprint density at radius 1 is 1.62 bits per heavy atom. The predicted octanol–water partition coefficient (Wildman–Crippen LogP) is 0.886. The van der Waals surface area contributed by atoms with E-state index in [0.717, 1.165) is 13.0 Å². The Morgan fingerprint density at radius 3 is 2.75 bits per heavy atom. The minimum atomic E-state index is -0.0732. The van der Waals surface area contributed by atoms with Gasteiger partial charge in [0.2, 0.25) is 5.91 Å². The van der Waals surface area contributed by atoms with Crippen LogP contribution in [0.25, 0.3) is 0 Å². The van der Waals surface area contributed by atoms with Gasteiger partial charge < -0.3 is 15.4 Å². The molecule has 0 bridgehead atoms. The molecule has 3 unspecified atom stereocenters. The van der Waals surface area contributed by atoms with E-state index >= 15 is 0 Å². The first-order valence-electron chi connectivity index (χ1n) is 5.61. The van der Waals surface area contributed by atoms with E-state index in [0.29, 0.717) is 19.0 Å². The number of halogens is 1. The maximum atomic E-state index is 11.9. The van der Waals surface area contributed by atoms with Gasteiger partial charge in [-0.25, -0.2) is 0 Å². The summed E-state index contributed by atoms with van der Waals surface area (Å²) >= 11 is 0. The Bertz CT molecular complexity index is 226. The third kappa shape index (κ3) is 3.61. The fourth-order valence-corrected chi connectivity index (χ4v) is 1.95. The molecule has 4 nitrogen and oxygen atoms in total. The number of methoxy groups -OCH3 is 1. The molecule has 1 heterocycles. The van der Waals surface area contributed by atoms with Gasteiger partial charge in [0, 0.05) is 32.7 Å². The number of nitrogens with two attached hydrogens (primary N) is 1. The summed E-state index contributed by atoms with van der Waals surface area (Å²) < 4.78 is 5.37. The second-order valence-corrected chi connectivity index (χ2v) is 4.46. The highest BCUT2D eigenvalue weighted by atomic mass is 35.5. The molecule has 1 aliphatic rings. The molecule has 96 valence electrons. The molecule has 1 saturated heterocycles. The maximum Gasteiger partial charge on any atom is 0.226 e. The number of likely N-dealkylation sites (tertiary alicyclic amines) is 1. The van der Waals surface area contributed by atoms with Crippen LogP contribution in [0.1, 0.15) is 20.3 Å². The summed E-state index contributed by atoms with van der Waals surface area (Å²) in [7, 11) is 1.71. The molecule has 16 heavy (non-hydrogen) atoms. The van der Waals surface area contributed by atoms with E-state index in [1.54, 1.807) is 7.11 Å². The fraction of sp³-hybridized carbons (Fsp3) is 0.909. The average Bonchev–Trinajstić information content (AvgIpc) is 2.27. The van der Waals surface area contributed by atoms with Crippen LogP contribution in [0.3, 0.4) is 0 Å². The molecule has 0 radical (unpaired) electrons. The highest BCUT2D eigenvalue weighted by Crippen LogP contribution is 2.20. The number of ether oxygens (including phenoxy) is 1. The first-order chi connectivity index (χ1) is 7.10. The van der Waals surface area contributed by atoms with Crippen LogP contribution in [-0.2, 0) is 9.53 Å². The summed E-state index contributed by atoms with van der Waals surface area (Å²) in [6.07, 6.45) is 1.19. The van der Waals surface area contributed by atoms with Gasteiger partial charge in [-0.2, -0.15) is 0 Å². The van der Waals surface area contributed by atoms with Crippen LogP contribution < -0.4 is 5.73 Å². The summed E-state index contributed by atoms with van der Waals surface area (Å²) in [6.45, 7) is 6.01. The van der Waals surface area contributed by atoms with E-state index in [2.05, 4.69) is 6.92 Å². The van der Waals surface area contributed by atoms with Gasteiger partial charge in [0.1, 0.15) is 0 Å². The lowest BCUT2D eigenvalue weighted by atomic mass is 9.95. The Hall–Kier alpha value is -0.320. The predicted molar refractivity (Wildman–Crippen MR) is 66.6 cm³/mol. The smallest absolute Gasteiger partial charge is 0.226 e. The van der Waals surface area contributed by atoms with E-state index in [1.165, 1.54) is 0 Å². The molecule has 5 heteroatoms. The molecule has 3 atom stereocenters. The van der Waals surface area contributed by atoms with Crippen LogP contribution in [0, 0.1) is 11.8 Å². The zero-order chi connectivity index (χ0) is 11.4. The monoisotopic (exact) mass is 250 g/mol. The summed E-state index contributed by atoms with van der Waals surface area (Å²) in [4.78, 5) is 13.8. The standard InChI is InChI=1S/C11H22N2O2.ClH/c1-8-4-5-13(7-10(8)15-3)11(14)9(2)6-12;/h8-10H,4-7,12H2,1-3H3;1H. The van der Waals surface area contributed by atoms with E-state index in [9.17, 15) is 4.79 Å². The molecule has 0 spiro atoms. The Labute approximate surface area is 104 Å². The molecular weight excluding hydrogens is 228 g/mol. The number of hydrogen-bond donors (Lipinski definition) is 1. The molecule has 0 aromatic heterocycles. The summed E-state index contributed by atoms with van der Waals surface area (Å²) in [5.41, 5.74) is 5.50. The highest BCUT2D eigenvalue weighted by molar-refractivity contribution is 5.85. The van der Waals surface area contributed by atoms with E-state index < -0.39 is 0 Å². The summed E-state index contributed by atoms with van der Waals surface area (Å²) in [5.74, 6) is 0.620. The highest BCUT2D eigenvalue weighted by Gasteiger charge is 2.30. The third-order valence-electron chi connectivity index (χ3n) is 3.28. The largest absolute Gasteiger partial charge is 0.379 e. The zero-order valence-corrected chi connectivity index (χ0v) is 11.1.